The minimum Gasteiger partial charge on any atom is -0.369 e. The molecule has 0 saturated carbocycles. The molecule has 1 fully saturated rings. The average Bonchev–Trinajstić information content (AvgIpc) is 2.94. The Labute approximate surface area is 162 Å². The van der Waals surface area contributed by atoms with E-state index in [4.69, 9.17) is 15.2 Å². The van der Waals surface area contributed by atoms with Crippen LogP contribution in [-0.2, 0) is 22.4 Å². The van der Waals surface area contributed by atoms with Gasteiger partial charge in [-0.3, -0.25) is 9.36 Å². The Morgan fingerprint density at radius 3 is 2.61 bits per heavy atom. The third-order valence-corrected chi connectivity index (χ3v) is 4.78. The molecule has 2 N–H and O–H groups in total. The highest BCUT2D eigenvalue weighted by atomic mass is 16.7. The van der Waals surface area contributed by atoms with Crippen LogP contribution in [0.5, 0.6) is 0 Å². The molecule has 4 rings (SSSR count). The van der Waals surface area contributed by atoms with E-state index in [1.807, 2.05) is 51.1 Å². The van der Waals surface area contributed by atoms with E-state index in [-0.39, 0.29) is 28.8 Å². The zero-order valence-corrected chi connectivity index (χ0v) is 16.1. The van der Waals surface area contributed by atoms with Crippen molar-refractivity contribution in [2.24, 2.45) is 0 Å². The molecule has 2 aromatic heterocycles. The van der Waals surface area contributed by atoms with Gasteiger partial charge in [0.05, 0.1) is 18.0 Å². The molecule has 0 amide bonds. The summed E-state index contributed by atoms with van der Waals surface area (Å²) in [5.41, 5.74) is 7.77. The molecule has 2 atom stereocenters. The van der Waals surface area contributed by atoms with Gasteiger partial charge in [0, 0.05) is 6.54 Å². The van der Waals surface area contributed by atoms with Crippen LogP contribution in [0.4, 0.5) is 5.95 Å². The van der Waals surface area contributed by atoms with Crippen molar-refractivity contribution in [3.05, 3.63) is 58.1 Å². The van der Waals surface area contributed by atoms with Crippen molar-refractivity contribution in [3.8, 4) is 0 Å². The molecule has 2 unspecified atom stereocenters. The van der Waals surface area contributed by atoms with Gasteiger partial charge in [-0.1, -0.05) is 30.3 Å². The van der Waals surface area contributed by atoms with Gasteiger partial charge in [0.1, 0.15) is 6.10 Å². The number of ether oxygens (including phenoxy) is 2. The SMILES string of the molecule is CC1OC(C)(C)OC1c1cnc2nc(N)n(CCc3ccccc3)c(=O)c2n1. The molecule has 0 aliphatic carbocycles. The second kappa shape index (κ2) is 6.96. The van der Waals surface area contributed by atoms with Gasteiger partial charge in [0.25, 0.3) is 5.56 Å². The highest BCUT2D eigenvalue weighted by molar-refractivity contribution is 5.69. The zero-order valence-electron chi connectivity index (χ0n) is 16.1. The predicted molar refractivity (Wildman–Crippen MR) is 105 cm³/mol. The maximum atomic E-state index is 13.0. The number of anilines is 1. The van der Waals surface area contributed by atoms with Crippen molar-refractivity contribution in [1.29, 1.82) is 0 Å². The van der Waals surface area contributed by atoms with Gasteiger partial charge >= 0.3 is 0 Å². The predicted octanol–water partition coefficient (Wildman–Crippen LogP) is 2.22. The standard InChI is InChI=1S/C20H23N5O3/c1-12-16(28-20(2,3)27-12)14-11-22-17-15(23-14)18(26)25(19(21)24-17)10-9-13-7-5-4-6-8-13/h4-8,11-12,16H,9-10H2,1-3H3,(H2,21,22,24). The Morgan fingerprint density at radius 2 is 1.93 bits per heavy atom. The Kier molecular flexibility index (Phi) is 4.60. The van der Waals surface area contributed by atoms with Crippen LogP contribution >= 0.6 is 0 Å². The normalized spacial score (nSPS) is 21.2. The van der Waals surface area contributed by atoms with Crippen LogP contribution in [0, 0.1) is 0 Å². The van der Waals surface area contributed by atoms with E-state index < -0.39 is 11.9 Å². The molecule has 1 saturated heterocycles. The first-order valence-electron chi connectivity index (χ1n) is 9.26. The summed E-state index contributed by atoms with van der Waals surface area (Å²) < 4.78 is 13.1. The van der Waals surface area contributed by atoms with Crippen LogP contribution in [0.15, 0.2) is 41.3 Å². The van der Waals surface area contributed by atoms with Crippen LogP contribution in [0.1, 0.15) is 38.1 Å². The van der Waals surface area contributed by atoms with Gasteiger partial charge in [-0.15, -0.1) is 0 Å². The Bertz CT molecular complexity index is 1060. The number of benzene rings is 1. The van der Waals surface area contributed by atoms with Gasteiger partial charge in [-0.2, -0.15) is 4.98 Å². The largest absolute Gasteiger partial charge is 0.369 e. The third-order valence-electron chi connectivity index (χ3n) is 4.78. The molecular weight excluding hydrogens is 358 g/mol. The molecule has 3 heterocycles. The fraction of sp³-hybridized carbons (Fsp3) is 0.400. The lowest BCUT2D eigenvalue weighted by Crippen LogP contribution is -2.27. The maximum Gasteiger partial charge on any atom is 0.283 e. The molecule has 0 radical (unpaired) electrons. The fourth-order valence-electron chi connectivity index (χ4n) is 3.50. The number of fused-ring (bicyclic) bond motifs is 1. The fourth-order valence-corrected chi connectivity index (χ4v) is 3.50. The van der Waals surface area contributed by atoms with Crippen LogP contribution in [0.25, 0.3) is 11.2 Å². The van der Waals surface area contributed by atoms with E-state index in [2.05, 4.69) is 15.0 Å². The van der Waals surface area contributed by atoms with E-state index in [9.17, 15) is 4.79 Å². The number of nitrogens with two attached hydrogens (primary N) is 1. The average molecular weight is 381 g/mol. The topological polar surface area (TPSA) is 105 Å². The van der Waals surface area contributed by atoms with Gasteiger partial charge in [0.2, 0.25) is 5.95 Å². The third kappa shape index (κ3) is 3.48. The number of rotatable bonds is 4. The second-order valence-corrected chi connectivity index (χ2v) is 7.39. The summed E-state index contributed by atoms with van der Waals surface area (Å²) in [5.74, 6) is -0.582. The molecule has 8 heteroatoms. The van der Waals surface area contributed by atoms with Crippen molar-refractivity contribution < 1.29 is 9.47 Å². The Hall–Kier alpha value is -2.84. The van der Waals surface area contributed by atoms with Crippen molar-refractivity contribution in [1.82, 2.24) is 19.5 Å². The molecule has 146 valence electrons. The molecule has 8 nitrogen and oxygen atoms in total. The lowest BCUT2D eigenvalue weighted by Gasteiger charge is -2.16. The summed E-state index contributed by atoms with van der Waals surface area (Å²) in [5, 5.41) is 0. The molecule has 3 aromatic rings. The second-order valence-electron chi connectivity index (χ2n) is 7.39. The van der Waals surface area contributed by atoms with Crippen molar-refractivity contribution >= 4 is 17.1 Å². The minimum atomic E-state index is -0.712. The lowest BCUT2D eigenvalue weighted by atomic mass is 10.1. The van der Waals surface area contributed by atoms with Crippen LogP contribution in [-0.4, -0.2) is 31.4 Å². The quantitative estimate of drug-likeness (QED) is 0.739. The number of hydrogen-bond donors (Lipinski definition) is 1. The van der Waals surface area contributed by atoms with Crippen LogP contribution in [0.2, 0.25) is 0 Å². The van der Waals surface area contributed by atoms with Crippen molar-refractivity contribution in [2.75, 3.05) is 5.73 Å². The van der Waals surface area contributed by atoms with Gasteiger partial charge in [-0.25, -0.2) is 9.97 Å². The summed E-state index contributed by atoms with van der Waals surface area (Å²) in [7, 11) is 0. The Morgan fingerprint density at radius 1 is 1.18 bits per heavy atom. The number of aromatic nitrogens is 4. The monoisotopic (exact) mass is 381 g/mol. The van der Waals surface area contributed by atoms with E-state index in [1.54, 1.807) is 6.20 Å². The lowest BCUT2D eigenvalue weighted by molar-refractivity contribution is -0.145. The molecular formula is C20H23N5O3. The smallest absolute Gasteiger partial charge is 0.283 e. The van der Waals surface area contributed by atoms with Crippen LogP contribution < -0.4 is 11.3 Å². The highest BCUT2D eigenvalue weighted by Crippen LogP contribution is 2.37. The van der Waals surface area contributed by atoms with Gasteiger partial charge in [0.15, 0.2) is 17.0 Å². The van der Waals surface area contributed by atoms with Crippen molar-refractivity contribution in [3.63, 3.8) is 0 Å². The van der Waals surface area contributed by atoms with Gasteiger partial charge in [-0.05, 0) is 32.8 Å². The molecule has 1 aliphatic rings. The minimum absolute atomic E-state index is 0.130. The zero-order chi connectivity index (χ0) is 19.9. The molecule has 0 spiro atoms. The summed E-state index contributed by atoms with van der Waals surface area (Å²) in [4.78, 5) is 26.1. The van der Waals surface area contributed by atoms with E-state index >= 15 is 0 Å². The Balaban J connectivity index is 1.69. The number of nitrogen functional groups attached to an aromatic ring is 1. The summed E-state index contributed by atoms with van der Waals surface area (Å²) >= 11 is 0. The van der Waals surface area contributed by atoms with E-state index in [0.29, 0.717) is 18.7 Å². The maximum absolute atomic E-state index is 13.0. The van der Waals surface area contributed by atoms with Crippen molar-refractivity contribution in [2.45, 2.75) is 51.7 Å². The van der Waals surface area contributed by atoms with E-state index in [1.165, 1.54) is 4.57 Å². The summed E-state index contributed by atoms with van der Waals surface area (Å²) in [6.45, 7) is 6.01. The number of aryl methyl sites for hydroxylation is 1. The molecule has 0 bridgehead atoms. The van der Waals surface area contributed by atoms with Crippen LogP contribution in [0.3, 0.4) is 0 Å². The molecule has 1 aliphatic heterocycles. The first-order valence-corrected chi connectivity index (χ1v) is 9.26. The first kappa shape index (κ1) is 18.5. The molecule has 1 aromatic carbocycles. The highest BCUT2D eigenvalue weighted by Gasteiger charge is 2.40. The van der Waals surface area contributed by atoms with Gasteiger partial charge < -0.3 is 15.2 Å². The summed E-state index contributed by atoms with van der Waals surface area (Å²) in [6, 6.07) is 9.90. The summed E-state index contributed by atoms with van der Waals surface area (Å²) in [6.07, 6.45) is 1.62. The molecule has 28 heavy (non-hydrogen) atoms. The first-order chi connectivity index (χ1) is 13.3. The van der Waals surface area contributed by atoms with E-state index in [0.717, 1.165) is 5.56 Å². The number of nitrogens with zero attached hydrogens (tertiary/aromatic N) is 4. The number of hydrogen-bond acceptors (Lipinski definition) is 7.